The lowest BCUT2D eigenvalue weighted by atomic mass is 9.79. The van der Waals surface area contributed by atoms with Gasteiger partial charge in [0, 0.05) is 0 Å². The first kappa shape index (κ1) is 9.01. The van der Waals surface area contributed by atoms with E-state index in [9.17, 15) is 10.2 Å². The summed E-state index contributed by atoms with van der Waals surface area (Å²) in [6.07, 6.45) is 3.97. The topological polar surface area (TPSA) is 40.5 Å². The van der Waals surface area contributed by atoms with Gasteiger partial charge in [-0.3, -0.25) is 0 Å². The minimum Gasteiger partial charge on any atom is -0.390 e. The summed E-state index contributed by atoms with van der Waals surface area (Å²) in [5, 5.41) is 18.9. The Morgan fingerprint density at radius 1 is 1.45 bits per heavy atom. The molecule has 0 radical (unpaired) electrons. The van der Waals surface area contributed by atoms with Gasteiger partial charge in [0.25, 0.3) is 0 Å². The van der Waals surface area contributed by atoms with Crippen LogP contribution in [-0.4, -0.2) is 21.9 Å². The van der Waals surface area contributed by atoms with Gasteiger partial charge in [-0.1, -0.05) is 19.3 Å². The quantitative estimate of drug-likeness (QED) is 0.650. The van der Waals surface area contributed by atoms with Crippen molar-refractivity contribution in [2.45, 2.75) is 51.2 Å². The molecular weight excluding hydrogens is 140 g/mol. The first-order chi connectivity index (χ1) is 5.00. The zero-order chi connectivity index (χ0) is 8.48. The Labute approximate surface area is 68.2 Å². The normalized spacial score (nSPS) is 22.9. The molecule has 0 aliphatic heterocycles. The molecule has 2 nitrogen and oxygen atoms in total. The second-order valence-corrected chi connectivity index (χ2v) is 4.20. The van der Waals surface area contributed by atoms with Gasteiger partial charge in [-0.2, -0.15) is 0 Å². The number of rotatable bonds is 3. The Bertz CT molecular complexity index is 122. The van der Waals surface area contributed by atoms with Gasteiger partial charge in [0.15, 0.2) is 0 Å². The van der Waals surface area contributed by atoms with Crippen molar-refractivity contribution in [3.63, 3.8) is 0 Å². The van der Waals surface area contributed by atoms with Crippen LogP contribution < -0.4 is 0 Å². The molecule has 0 aromatic heterocycles. The molecule has 1 saturated carbocycles. The van der Waals surface area contributed by atoms with Crippen molar-refractivity contribution < 1.29 is 10.2 Å². The number of hydrogen-bond acceptors (Lipinski definition) is 2. The van der Waals surface area contributed by atoms with Crippen LogP contribution in [0.3, 0.4) is 0 Å². The van der Waals surface area contributed by atoms with E-state index in [2.05, 4.69) is 0 Å². The predicted molar refractivity (Wildman–Crippen MR) is 44.3 cm³/mol. The van der Waals surface area contributed by atoms with Crippen LogP contribution in [0.2, 0.25) is 0 Å². The van der Waals surface area contributed by atoms with Crippen LogP contribution in [0.1, 0.15) is 39.5 Å². The largest absolute Gasteiger partial charge is 0.390 e. The Morgan fingerprint density at radius 2 is 2.00 bits per heavy atom. The minimum absolute atomic E-state index is 0.548. The highest BCUT2D eigenvalue weighted by Gasteiger charge is 2.29. The van der Waals surface area contributed by atoms with Crippen LogP contribution in [-0.2, 0) is 0 Å². The molecule has 0 amide bonds. The average Bonchev–Trinajstić information content (AvgIpc) is 1.75. The maximum Gasteiger partial charge on any atom is 0.0849 e. The Hall–Kier alpha value is -0.0800. The van der Waals surface area contributed by atoms with Crippen LogP contribution in [0.25, 0.3) is 0 Å². The van der Waals surface area contributed by atoms with Gasteiger partial charge in [-0.05, 0) is 26.2 Å². The van der Waals surface area contributed by atoms with E-state index in [0.717, 1.165) is 6.42 Å². The lowest BCUT2D eigenvalue weighted by Crippen LogP contribution is -2.38. The SMILES string of the molecule is CC(C)(O)C(O)CC1CCC1. The standard InChI is InChI=1S/C9H18O2/c1-9(2,11)8(10)6-7-4-3-5-7/h7-8,10-11H,3-6H2,1-2H3. The molecule has 0 saturated heterocycles. The van der Waals surface area contributed by atoms with E-state index >= 15 is 0 Å². The molecule has 2 N–H and O–H groups in total. The molecular formula is C9H18O2. The van der Waals surface area contributed by atoms with Crippen molar-refractivity contribution in [1.82, 2.24) is 0 Å². The summed E-state index contributed by atoms with van der Waals surface area (Å²) >= 11 is 0. The van der Waals surface area contributed by atoms with E-state index in [4.69, 9.17) is 0 Å². The number of hydrogen-bond donors (Lipinski definition) is 2. The van der Waals surface area contributed by atoms with E-state index in [-0.39, 0.29) is 0 Å². The van der Waals surface area contributed by atoms with Gasteiger partial charge in [-0.25, -0.2) is 0 Å². The maximum absolute atomic E-state index is 9.47. The molecule has 0 aromatic carbocycles. The Kier molecular flexibility index (Phi) is 2.55. The van der Waals surface area contributed by atoms with E-state index in [1.54, 1.807) is 13.8 Å². The van der Waals surface area contributed by atoms with Gasteiger partial charge in [-0.15, -0.1) is 0 Å². The van der Waals surface area contributed by atoms with Gasteiger partial charge in [0.05, 0.1) is 11.7 Å². The molecule has 1 rings (SSSR count). The second-order valence-electron chi connectivity index (χ2n) is 4.20. The first-order valence-corrected chi connectivity index (χ1v) is 4.40. The molecule has 66 valence electrons. The summed E-state index contributed by atoms with van der Waals surface area (Å²) < 4.78 is 0. The van der Waals surface area contributed by atoms with E-state index < -0.39 is 11.7 Å². The predicted octanol–water partition coefficient (Wildman–Crippen LogP) is 1.31. The lowest BCUT2D eigenvalue weighted by molar-refractivity contribution is -0.0629. The third-order valence-electron chi connectivity index (χ3n) is 2.60. The number of aliphatic hydroxyl groups excluding tert-OH is 1. The van der Waals surface area contributed by atoms with Crippen LogP contribution in [0.5, 0.6) is 0 Å². The minimum atomic E-state index is -0.921. The molecule has 1 aliphatic rings. The third kappa shape index (κ3) is 2.46. The van der Waals surface area contributed by atoms with E-state index in [0.29, 0.717) is 5.92 Å². The van der Waals surface area contributed by atoms with Crippen LogP contribution in [0.15, 0.2) is 0 Å². The maximum atomic E-state index is 9.47. The molecule has 0 spiro atoms. The van der Waals surface area contributed by atoms with E-state index in [1.165, 1.54) is 19.3 Å². The van der Waals surface area contributed by atoms with Crippen molar-refractivity contribution >= 4 is 0 Å². The highest BCUT2D eigenvalue weighted by molar-refractivity contribution is 4.81. The molecule has 0 heterocycles. The van der Waals surface area contributed by atoms with Gasteiger partial charge in [0.1, 0.15) is 0 Å². The van der Waals surface area contributed by atoms with Crippen molar-refractivity contribution in [3.05, 3.63) is 0 Å². The Balaban J connectivity index is 2.24. The zero-order valence-electron chi connectivity index (χ0n) is 7.38. The molecule has 11 heavy (non-hydrogen) atoms. The summed E-state index contributed by atoms with van der Waals surface area (Å²) in [6, 6.07) is 0. The van der Waals surface area contributed by atoms with Crippen LogP contribution in [0.4, 0.5) is 0 Å². The van der Waals surface area contributed by atoms with Gasteiger partial charge in [0.2, 0.25) is 0 Å². The molecule has 1 atom stereocenters. The molecule has 0 bridgehead atoms. The summed E-state index contributed by atoms with van der Waals surface area (Å²) in [5.74, 6) is 0.663. The zero-order valence-corrected chi connectivity index (χ0v) is 7.38. The average molecular weight is 158 g/mol. The van der Waals surface area contributed by atoms with Crippen molar-refractivity contribution in [3.8, 4) is 0 Å². The third-order valence-corrected chi connectivity index (χ3v) is 2.60. The lowest BCUT2D eigenvalue weighted by Gasteiger charge is -2.32. The fourth-order valence-electron chi connectivity index (χ4n) is 1.33. The van der Waals surface area contributed by atoms with E-state index in [1.807, 2.05) is 0 Å². The highest BCUT2D eigenvalue weighted by Crippen LogP contribution is 2.32. The second kappa shape index (κ2) is 3.11. The smallest absolute Gasteiger partial charge is 0.0849 e. The van der Waals surface area contributed by atoms with Crippen molar-refractivity contribution in [1.29, 1.82) is 0 Å². The van der Waals surface area contributed by atoms with Crippen LogP contribution >= 0.6 is 0 Å². The summed E-state index contributed by atoms with van der Waals surface area (Å²) in [5.41, 5.74) is -0.921. The molecule has 0 aromatic rings. The summed E-state index contributed by atoms with van der Waals surface area (Å²) in [4.78, 5) is 0. The van der Waals surface area contributed by atoms with Crippen molar-refractivity contribution in [2.24, 2.45) is 5.92 Å². The molecule has 1 aliphatic carbocycles. The van der Waals surface area contributed by atoms with Gasteiger partial charge < -0.3 is 10.2 Å². The molecule has 1 unspecified atom stereocenters. The number of aliphatic hydroxyl groups is 2. The van der Waals surface area contributed by atoms with Crippen molar-refractivity contribution in [2.75, 3.05) is 0 Å². The fraction of sp³-hybridized carbons (Fsp3) is 1.00. The fourth-order valence-corrected chi connectivity index (χ4v) is 1.33. The van der Waals surface area contributed by atoms with Gasteiger partial charge >= 0.3 is 0 Å². The first-order valence-electron chi connectivity index (χ1n) is 4.40. The highest BCUT2D eigenvalue weighted by atomic mass is 16.3. The summed E-state index contributed by atoms with van der Waals surface area (Å²) in [7, 11) is 0. The molecule has 1 fully saturated rings. The van der Waals surface area contributed by atoms with Crippen LogP contribution in [0, 0.1) is 5.92 Å². The molecule has 2 heteroatoms. The Morgan fingerprint density at radius 3 is 2.27 bits per heavy atom. The monoisotopic (exact) mass is 158 g/mol. The summed E-state index contributed by atoms with van der Waals surface area (Å²) in [6.45, 7) is 3.33.